The largest absolute Gasteiger partial charge is 0.480 e. The number of ether oxygens (including phenoxy) is 1. The van der Waals surface area contributed by atoms with Gasteiger partial charge in [0.2, 0.25) is 5.88 Å². The standard InChI is InChI=1S/C27H32F3N9O/c1-5-6-16-9-18(32-2)17(23(31)22-24(15-7-8-15)35-14-36-26(22)40-4)12-39(16)21-11-33-19(10-34-21)25-37-20(13-38(25)3)27(28,29)30/h10-11,13-16H,5-9,12,31H2,1-4H3/b23-17-,32-18?. The second-order valence-electron chi connectivity index (χ2n) is 10.1. The van der Waals surface area contributed by atoms with Crippen LogP contribution >= 0.6 is 0 Å². The summed E-state index contributed by atoms with van der Waals surface area (Å²) in [5, 5.41) is 0. The van der Waals surface area contributed by atoms with E-state index in [0.29, 0.717) is 41.8 Å². The van der Waals surface area contributed by atoms with Gasteiger partial charge in [0, 0.05) is 56.5 Å². The SMILES string of the molecule is CCCC1CC(=NC)/C(=C(\N)c2c(OC)ncnc2C2CC2)CN1c1cnc(-c2nc(C(F)(F)F)cn2C)cn1. The lowest BCUT2D eigenvalue weighted by Gasteiger charge is -2.39. The molecule has 0 amide bonds. The van der Waals surface area contributed by atoms with Crippen molar-refractivity contribution in [1.29, 1.82) is 0 Å². The van der Waals surface area contributed by atoms with Gasteiger partial charge in [-0.05, 0) is 19.3 Å². The number of nitrogens with zero attached hydrogens (tertiary/aromatic N) is 8. The minimum Gasteiger partial charge on any atom is -0.480 e. The van der Waals surface area contributed by atoms with Crippen LogP contribution in [-0.4, -0.2) is 61.9 Å². The van der Waals surface area contributed by atoms with E-state index in [2.05, 4.69) is 41.7 Å². The third-order valence-electron chi connectivity index (χ3n) is 7.36. The first kappa shape index (κ1) is 27.5. The van der Waals surface area contributed by atoms with Gasteiger partial charge in [-0.1, -0.05) is 13.3 Å². The third-order valence-corrected chi connectivity index (χ3v) is 7.36. The van der Waals surface area contributed by atoms with Crippen LogP contribution in [0.15, 0.2) is 35.5 Å². The van der Waals surface area contributed by atoms with Gasteiger partial charge in [-0.15, -0.1) is 0 Å². The molecule has 2 aliphatic rings. The molecule has 1 aliphatic heterocycles. The molecule has 0 radical (unpaired) electrons. The molecule has 212 valence electrons. The zero-order valence-electron chi connectivity index (χ0n) is 22.9. The Kier molecular flexibility index (Phi) is 7.47. The normalized spacial score (nSPS) is 20.2. The van der Waals surface area contributed by atoms with E-state index in [4.69, 9.17) is 10.5 Å². The molecule has 4 heterocycles. The number of alkyl halides is 3. The minimum absolute atomic E-state index is 0.0854. The Morgan fingerprint density at radius 2 is 1.95 bits per heavy atom. The highest BCUT2D eigenvalue weighted by Crippen LogP contribution is 2.44. The zero-order chi connectivity index (χ0) is 28.6. The van der Waals surface area contributed by atoms with Gasteiger partial charge >= 0.3 is 6.18 Å². The van der Waals surface area contributed by atoms with Crippen molar-refractivity contribution in [2.24, 2.45) is 17.8 Å². The maximum Gasteiger partial charge on any atom is 0.434 e. The van der Waals surface area contributed by atoms with Crippen molar-refractivity contribution >= 4 is 17.2 Å². The molecule has 2 N–H and O–H groups in total. The molecule has 13 heteroatoms. The lowest BCUT2D eigenvalue weighted by molar-refractivity contribution is -0.140. The number of hydrogen-bond acceptors (Lipinski definition) is 9. The number of aromatic nitrogens is 6. The van der Waals surface area contributed by atoms with E-state index in [1.54, 1.807) is 20.4 Å². The molecule has 1 aliphatic carbocycles. The Morgan fingerprint density at radius 3 is 2.52 bits per heavy atom. The number of hydrogen-bond donors (Lipinski definition) is 1. The first-order valence-corrected chi connectivity index (χ1v) is 13.2. The molecule has 1 saturated carbocycles. The van der Waals surface area contributed by atoms with Gasteiger partial charge in [0.05, 0.1) is 36.5 Å². The average Bonchev–Trinajstić information content (AvgIpc) is 3.72. The summed E-state index contributed by atoms with van der Waals surface area (Å²) in [4.78, 5) is 28.4. The second-order valence-corrected chi connectivity index (χ2v) is 10.1. The number of aliphatic imine (C=N–C) groups is 1. The molecular formula is C27H32F3N9O. The third kappa shape index (κ3) is 5.24. The zero-order valence-corrected chi connectivity index (χ0v) is 22.9. The highest BCUT2D eigenvalue weighted by atomic mass is 19.4. The summed E-state index contributed by atoms with van der Waals surface area (Å²) in [5.41, 5.74) is 9.99. The average molecular weight is 556 g/mol. The van der Waals surface area contributed by atoms with Crippen molar-refractivity contribution < 1.29 is 17.9 Å². The van der Waals surface area contributed by atoms with Crippen LogP contribution in [0, 0.1) is 0 Å². The highest BCUT2D eigenvalue weighted by molar-refractivity contribution is 6.08. The van der Waals surface area contributed by atoms with Crippen LogP contribution in [0.1, 0.15) is 61.9 Å². The van der Waals surface area contributed by atoms with Crippen LogP contribution in [0.25, 0.3) is 17.2 Å². The molecule has 1 atom stereocenters. The Balaban J connectivity index is 1.53. The molecule has 40 heavy (non-hydrogen) atoms. The van der Waals surface area contributed by atoms with Crippen LogP contribution < -0.4 is 15.4 Å². The van der Waals surface area contributed by atoms with E-state index < -0.39 is 11.9 Å². The second kappa shape index (κ2) is 10.9. The van der Waals surface area contributed by atoms with E-state index in [-0.39, 0.29) is 17.6 Å². The molecule has 10 nitrogen and oxygen atoms in total. The summed E-state index contributed by atoms with van der Waals surface area (Å²) in [6, 6.07) is 0.0854. The first-order valence-electron chi connectivity index (χ1n) is 13.2. The van der Waals surface area contributed by atoms with Crippen LogP contribution in [-0.2, 0) is 13.2 Å². The van der Waals surface area contributed by atoms with Gasteiger partial charge in [-0.3, -0.25) is 4.99 Å². The van der Waals surface area contributed by atoms with Crippen molar-refractivity contribution in [1.82, 2.24) is 29.5 Å². The van der Waals surface area contributed by atoms with Gasteiger partial charge in [0.15, 0.2) is 11.5 Å². The number of halogens is 3. The van der Waals surface area contributed by atoms with Gasteiger partial charge < -0.3 is 19.9 Å². The Bertz CT molecular complexity index is 1440. The van der Waals surface area contributed by atoms with Gasteiger partial charge in [-0.2, -0.15) is 13.2 Å². The smallest absolute Gasteiger partial charge is 0.434 e. The highest BCUT2D eigenvalue weighted by Gasteiger charge is 2.36. The number of imidazole rings is 1. The van der Waals surface area contributed by atoms with E-state index in [1.165, 1.54) is 24.1 Å². The van der Waals surface area contributed by atoms with Crippen LogP contribution in [0.2, 0.25) is 0 Å². The van der Waals surface area contributed by atoms with Crippen LogP contribution in [0.3, 0.4) is 0 Å². The Hall–Kier alpha value is -4.03. The Labute approximate surface area is 230 Å². The Morgan fingerprint density at radius 1 is 1.18 bits per heavy atom. The lowest BCUT2D eigenvalue weighted by Crippen LogP contribution is -2.45. The number of anilines is 1. The van der Waals surface area contributed by atoms with Crippen molar-refractivity contribution in [3.8, 4) is 17.4 Å². The number of methoxy groups -OCH3 is 1. The summed E-state index contributed by atoms with van der Waals surface area (Å²) in [6.45, 7) is 2.53. The van der Waals surface area contributed by atoms with Crippen molar-refractivity contribution in [2.45, 2.75) is 57.2 Å². The number of nitrogens with two attached hydrogens (primary N) is 1. The first-order chi connectivity index (χ1) is 19.2. The molecular weight excluding hydrogens is 523 g/mol. The molecule has 1 unspecified atom stereocenters. The molecule has 2 fully saturated rings. The molecule has 0 spiro atoms. The van der Waals surface area contributed by atoms with Crippen molar-refractivity contribution in [3.63, 3.8) is 0 Å². The quantitative estimate of drug-likeness (QED) is 0.456. The van der Waals surface area contributed by atoms with Crippen LogP contribution in [0.4, 0.5) is 19.0 Å². The predicted molar refractivity (Wildman–Crippen MR) is 145 cm³/mol. The molecule has 3 aromatic rings. The molecule has 3 aromatic heterocycles. The molecule has 0 bridgehead atoms. The fourth-order valence-corrected chi connectivity index (χ4v) is 5.21. The predicted octanol–water partition coefficient (Wildman–Crippen LogP) is 4.39. The van der Waals surface area contributed by atoms with Crippen molar-refractivity contribution in [2.75, 3.05) is 25.6 Å². The minimum atomic E-state index is -4.54. The molecule has 5 rings (SSSR count). The summed E-state index contributed by atoms with van der Waals surface area (Å²) < 4.78 is 46.4. The van der Waals surface area contributed by atoms with E-state index in [9.17, 15) is 13.2 Å². The number of aryl methyl sites for hydroxylation is 1. The topological polar surface area (TPSA) is 120 Å². The summed E-state index contributed by atoms with van der Waals surface area (Å²) in [7, 11) is 4.83. The van der Waals surface area contributed by atoms with Crippen molar-refractivity contribution in [3.05, 3.63) is 47.4 Å². The number of rotatable bonds is 7. The van der Waals surface area contributed by atoms with E-state index in [0.717, 1.165) is 48.9 Å². The monoisotopic (exact) mass is 555 g/mol. The fourth-order valence-electron chi connectivity index (χ4n) is 5.21. The summed E-state index contributed by atoms with van der Waals surface area (Å²) >= 11 is 0. The van der Waals surface area contributed by atoms with E-state index in [1.807, 2.05) is 0 Å². The number of piperidine rings is 1. The maximum absolute atomic E-state index is 13.2. The van der Waals surface area contributed by atoms with Gasteiger partial charge in [-0.25, -0.2) is 24.9 Å². The maximum atomic E-state index is 13.2. The fraction of sp³-hybridized carbons (Fsp3) is 0.481. The van der Waals surface area contributed by atoms with Gasteiger partial charge in [0.1, 0.15) is 17.8 Å². The lowest BCUT2D eigenvalue weighted by atomic mass is 9.89. The summed E-state index contributed by atoms with van der Waals surface area (Å²) in [5.74, 6) is 1.43. The molecule has 1 saturated heterocycles. The van der Waals surface area contributed by atoms with E-state index >= 15 is 0 Å². The van der Waals surface area contributed by atoms with Crippen LogP contribution in [0.5, 0.6) is 5.88 Å². The molecule has 0 aromatic carbocycles. The summed E-state index contributed by atoms with van der Waals surface area (Å²) in [6.07, 6.45) is 5.48. The van der Waals surface area contributed by atoms with Gasteiger partial charge in [0.25, 0.3) is 0 Å².